The van der Waals surface area contributed by atoms with Gasteiger partial charge in [0.15, 0.2) is 17.4 Å². The van der Waals surface area contributed by atoms with Gasteiger partial charge in [-0.15, -0.1) is 0 Å². The quantitative estimate of drug-likeness (QED) is 0.868. The lowest BCUT2D eigenvalue weighted by molar-refractivity contribution is -0.126. The summed E-state index contributed by atoms with van der Waals surface area (Å²) in [4.78, 5) is 23.9. The first kappa shape index (κ1) is 15.6. The second kappa shape index (κ2) is 6.78. The van der Waals surface area contributed by atoms with Crippen LogP contribution in [0.4, 0.5) is 8.78 Å². The van der Waals surface area contributed by atoms with Gasteiger partial charge in [0.2, 0.25) is 5.91 Å². The molecule has 0 radical (unpaired) electrons. The molecule has 1 amide bonds. The van der Waals surface area contributed by atoms with Gasteiger partial charge in [0.05, 0.1) is 6.54 Å². The largest absolute Gasteiger partial charge is 0.348 e. The molecule has 2 atom stereocenters. The predicted molar refractivity (Wildman–Crippen MR) is 74.8 cm³/mol. The van der Waals surface area contributed by atoms with Crippen molar-refractivity contribution in [1.29, 1.82) is 0 Å². The molecule has 1 N–H and O–H groups in total. The molecule has 1 fully saturated rings. The summed E-state index contributed by atoms with van der Waals surface area (Å²) < 4.78 is 25.9. The lowest BCUT2D eigenvalue weighted by atomic mass is 9.82. The van der Waals surface area contributed by atoms with Crippen LogP contribution in [-0.4, -0.2) is 18.2 Å². The van der Waals surface area contributed by atoms with E-state index in [4.69, 9.17) is 0 Å². The Morgan fingerprint density at radius 2 is 2.00 bits per heavy atom. The Kier molecular flexibility index (Phi) is 5.04. The van der Waals surface area contributed by atoms with E-state index in [0.717, 1.165) is 37.8 Å². The number of carbonyl (C=O) groups excluding carboxylic acids is 2. The molecule has 1 aliphatic carbocycles. The van der Waals surface area contributed by atoms with Crippen LogP contribution < -0.4 is 5.32 Å². The van der Waals surface area contributed by atoms with Crippen molar-refractivity contribution < 1.29 is 18.4 Å². The van der Waals surface area contributed by atoms with Crippen LogP contribution in [0.15, 0.2) is 18.2 Å². The van der Waals surface area contributed by atoms with Gasteiger partial charge in [-0.3, -0.25) is 9.59 Å². The molecule has 2 rings (SSSR count). The van der Waals surface area contributed by atoms with Crippen LogP contribution >= 0.6 is 0 Å². The monoisotopic (exact) mass is 295 g/mol. The van der Waals surface area contributed by atoms with Gasteiger partial charge >= 0.3 is 0 Å². The number of ketones is 1. The number of rotatable bonds is 4. The van der Waals surface area contributed by atoms with Gasteiger partial charge in [0.25, 0.3) is 0 Å². The first-order chi connectivity index (χ1) is 9.97. The fourth-order valence-corrected chi connectivity index (χ4v) is 2.76. The maximum Gasteiger partial charge on any atom is 0.223 e. The normalized spacial score (nSPS) is 21.9. The average Bonchev–Trinajstić information content (AvgIpc) is 2.47. The smallest absolute Gasteiger partial charge is 0.223 e. The third-order valence-electron chi connectivity index (χ3n) is 3.97. The minimum atomic E-state index is -1.06. The van der Waals surface area contributed by atoms with Gasteiger partial charge in [-0.25, -0.2) is 8.78 Å². The number of Topliss-reactive ketones (excluding diaryl/α,β-unsaturated/α-hetero) is 1. The maximum absolute atomic E-state index is 13.1. The number of benzene rings is 1. The third-order valence-corrected chi connectivity index (χ3v) is 3.97. The van der Waals surface area contributed by atoms with Crippen molar-refractivity contribution >= 4 is 11.7 Å². The van der Waals surface area contributed by atoms with Crippen molar-refractivity contribution in [3.05, 3.63) is 35.4 Å². The van der Waals surface area contributed by atoms with Gasteiger partial charge in [-0.2, -0.15) is 0 Å². The Labute approximate surface area is 122 Å². The number of carbonyl (C=O) groups is 2. The summed E-state index contributed by atoms with van der Waals surface area (Å²) in [6, 6.07) is 2.98. The van der Waals surface area contributed by atoms with Crippen LogP contribution in [0.25, 0.3) is 0 Å². The van der Waals surface area contributed by atoms with Crippen LogP contribution in [-0.2, 0) is 4.79 Å². The van der Waals surface area contributed by atoms with Crippen LogP contribution in [0, 0.1) is 23.5 Å². The molecule has 1 aliphatic rings. The molecule has 21 heavy (non-hydrogen) atoms. The molecule has 2 unspecified atom stereocenters. The van der Waals surface area contributed by atoms with Crippen LogP contribution in [0.1, 0.15) is 43.0 Å². The molecular weight excluding hydrogens is 276 g/mol. The van der Waals surface area contributed by atoms with E-state index in [9.17, 15) is 18.4 Å². The molecule has 1 aromatic carbocycles. The van der Waals surface area contributed by atoms with Crippen molar-refractivity contribution in [2.75, 3.05) is 6.54 Å². The number of halogens is 2. The number of hydrogen-bond acceptors (Lipinski definition) is 2. The van der Waals surface area contributed by atoms with Crippen molar-refractivity contribution in [2.24, 2.45) is 11.8 Å². The van der Waals surface area contributed by atoms with Gasteiger partial charge in [0.1, 0.15) is 0 Å². The van der Waals surface area contributed by atoms with Crippen molar-refractivity contribution in [3.63, 3.8) is 0 Å². The van der Waals surface area contributed by atoms with E-state index in [0.29, 0.717) is 5.92 Å². The summed E-state index contributed by atoms with van der Waals surface area (Å²) in [6.45, 7) is 1.93. The molecule has 3 nitrogen and oxygen atoms in total. The van der Waals surface area contributed by atoms with E-state index in [1.165, 1.54) is 6.07 Å². The average molecular weight is 295 g/mol. The summed E-state index contributed by atoms with van der Waals surface area (Å²) in [7, 11) is 0. The van der Waals surface area contributed by atoms with E-state index < -0.39 is 17.4 Å². The van der Waals surface area contributed by atoms with Crippen molar-refractivity contribution in [3.8, 4) is 0 Å². The maximum atomic E-state index is 13.1. The Bertz CT molecular complexity index is 545. The molecule has 0 aromatic heterocycles. The highest BCUT2D eigenvalue weighted by atomic mass is 19.2. The van der Waals surface area contributed by atoms with Gasteiger partial charge < -0.3 is 5.32 Å². The summed E-state index contributed by atoms with van der Waals surface area (Å²) in [6.07, 6.45) is 3.84. The fraction of sp³-hybridized carbons (Fsp3) is 0.500. The number of amides is 1. The minimum absolute atomic E-state index is 0.0495. The standard InChI is InChI=1S/C16H19F2NO2/c1-10-3-2-4-12(7-10)16(21)19-9-15(20)11-5-6-13(17)14(18)8-11/h5-6,8,10,12H,2-4,7,9H2,1H3,(H,19,21). The summed E-state index contributed by atoms with van der Waals surface area (Å²) in [5.74, 6) is -2.13. The SMILES string of the molecule is CC1CCCC(C(=O)NCC(=O)c2ccc(F)c(F)c2)C1. The second-order valence-electron chi connectivity index (χ2n) is 5.74. The molecule has 1 saturated carbocycles. The van der Waals surface area contributed by atoms with E-state index in [-0.39, 0.29) is 23.9 Å². The van der Waals surface area contributed by atoms with Gasteiger partial charge in [-0.1, -0.05) is 19.8 Å². The highest BCUT2D eigenvalue weighted by Gasteiger charge is 2.25. The zero-order valence-electron chi connectivity index (χ0n) is 12.0. The number of hydrogen-bond donors (Lipinski definition) is 1. The third kappa shape index (κ3) is 4.09. The molecule has 0 bridgehead atoms. The van der Waals surface area contributed by atoms with Crippen LogP contribution in [0.2, 0.25) is 0 Å². The molecule has 0 saturated heterocycles. The highest BCUT2D eigenvalue weighted by Crippen LogP contribution is 2.28. The van der Waals surface area contributed by atoms with E-state index >= 15 is 0 Å². The fourth-order valence-electron chi connectivity index (χ4n) is 2.76. The summed E-state index contributed by atoms with van der Waals surface area (Å²) in [5, 5.41) is 2.60. The molecule has 0 aliphatic heterocycles. The van der Waals surface area contributed by atoms with Crippen LogP contribution in [0.3, 0.4) is 0 Å². The lowest BCUT2D eigenvalue weighted by Crippen LogP contribution is -2.36. The van der Waals surface area contributed by atoms with Crippen LogP contribution in [0.5, 0.6) is 0 Å². The molecule has 0 spiro atoms. The zero-order chi connectivity index (χ0) is 15.4. The van der Waals surface area contributed by atoms with E-state index in [2.05, 4.69) is 12.2 Å². The molecule has 5 heteroatoms. The molecular formula is C16H19F2NO2. The first-order valence-corrected chi connectivity index (χ1v) is 7.23. The van der Waals surface area contributed by atoms with E-state index in [1.807, 2.05) is 0 Å². The van der Waals surface area contributed by atoms with Crippen molar-refractivity contribution in [1.82, 2.24) is 5.32 Å². The predicted octanol–water partition coefficient (Wildman–Crippen LogP) is 3.09. The molecule has 0 heterocycles. The minimum Gasteiger partial charge on any atom is -0.348 e. The lowest BCUT2D eigenvalue weighted by Gasteiger charge is -2.25. The Hall–Kier alpha value is -1.78. The topological polar surface area (TPSA) is 46.2 Å². The van der Waals surface area contributed by atoms with E-state index in [1.54, 1.807) is 0 Å². The number of nitrogens with one attached hydrogen (secondary N) is 1. The molecule has 114 valence electrons. The van der Waals surface area contributed by atoms with Gasteiger partial charge in [0, 0.05) is 11.5 Å². The van der Waals surface area contributed by atoms with Crippen molar-refractivity contribution in [2.45, 2.75) is 32.6 Å². The Balaban J connectivity index is 1.88. The highest BCUT2D eigenvalue weighted by molar-refractivity contribution is 5.99. The second-order valence-corrected chi connectivity index (χ2v) is 5.74. The summed E-state index contributed by atoms with van der Waals surface area (Å²) >= 11 is 0. The first-order valence-electron chi connectivity index (χ1n) is 7.23. The summed E-state index contributed by atoms with van der Waals surface area (Å²) in [5.41, 5.74) is 0.0613. The zero-order valence-corrected chi connectivity index (χ0v) is 12.0. The Morgan fingerprint density at radius 1 is 1.24 bits per heavy atom. The Morgan fingerprint density at radius 3 is 2.67 bits per heavy atom. The van der Waals surface area contributed by atoms with Gasteiger partial charge in [-0.05, 0) is 37.0 Å². The molecule has 1 aromatic rings.